The zero-order chi connectivity index (χ0) is 11.5. The van der Waals surface area contributed by atoms with Crippen LogP contribution in [0.3, 0.4) is 0 Å². The molecule has 3 N–H and O–H groups in total. The van der Waals surface area contributed by atoms with Gasteiger partial charge in [0.2, 0.25) is 0 Å². The zero-order valence-electron chi connectivity index (χ0n) is 9.38. The monoisotopic (exact) mass is 217 g/mol. The molecule has 0 aliphatic carbocycles. The highest BCUT2D eigenvalue weighted by atomic mass is 15.3. The molecule has 1 unspecified atom stereocenters. The van der Waals surface area contributed by atoms with E-state index in [1.54, 1.807) is 10.9 Å². The Morgan fingerprint density at radius 3 is 2.81 bits per heavy atom. The van der Waals surface area contributed by atoms with Crippen molar-refractivity contribution in [1.29, 1.82) is 0 Å². The summed E-state index contributed by atoms with van der Waals surface area (Å²) in [5.41, 5.74) is 5.85. The maximum Gasteiger partial charge on any atom is 0.0917 e. The van der Waals surface area contributed by atoms with Gasteiger partial charge in [0.05, 0.1) is 11.7 Å². The summed E-state index contributed by atoms with van der Waals surface area (Å²) in [7, 11) is 1.88. The van der Waals surface area contributed by atoms with E-state index in [-0.39, 0.29) is 6.04 Å². The molecule has 1 atom stereocenters. The number of hydrazine groups is 1. The van der Waals surface area contributed by atoms with Crippen molar-refractivity contribution in [2.75, 3.05) is 0 Å². The van der Waals surface area contributed by atoms with E-state index in [1.807, 2.05) is 38.5 Å². The molecule has 0 spiro atoms. The van der Waals surface area contributed by atoms with Crippen LogP contribution >= 0.6 is 0 Å². The van der Waals surface area contributed by atoms with Crippen LogP contribution in [0, 0.1) is 6.92 Å². The van der Waals surface area contributed by atoms with Crippen molar-refractivity contribution in [3.63, 3.8) is 0 Å². The molecule has 5 heteroatoms. The summed E-state index contributed by atoms with van der Waals surface area (Å²) in [6.45, 7) is 2.03. The highest BCUT2D eigenvalue weighted by Gasteiger charge is 2.16. The van der Waals surface area contributed by atoms with Crippen LogP contribution in [-0.4, -0.2) is 14.8 Å². The van der Waals surface area contributed by atoms with E-state index in [0.29, 0.717) is 0 Å². The third-order valence-electron chi connectivity index (χ3n) is 2.59. The Morgan fingerprint density at radius 1 is 1.44 bits per heavy atom. The van der Waals surface area contributed by atoms with Crippen molar-refractivity contribution in [2.24, 2.45) is 12.9 Å². The molecule has 84 valence electrons. The summed E-state index contributed by atoms with van der Waals surface area (Å²) in [4.78, 5) is 4.12. The fraction of sp³-hybridized carbons (Fsp3) is 0.273. The molecule has 0 amide bonds. The Balaban J connectivity index is 2.40. The molecule has 5 nitrogen and oxygen atoms in total. The van der Waals surface area contributed by atoms with Crippen LogP contribution < -0.4 is 11.3 Å². The predicted molar refractivity (Wildman–Crippen MR) is 61.3 cm³/mol. The molecular weight excluding hydrogens is 202 g/mol. The van der Waals surface area contributed by atoms with Crippen LogP contribution in [0.15, 0.2) is 30.7 Å². The second-order valence-electron chi connectivity index (χ2n) is 3.75. The van der Waals surface area contributed by atoms with Gasteiger partial charge in [0.1, 0.15) is 0 Å². The zero-order valence-corrected chi connectivity index (χ0v) is 9.38. The first kappa shape index (κ1) is 10.8. The van der Waals surface area contributed by atoms with Gasteiger partial charge in [-0.05, 0) is 30.2 Å². The molecule has 2 rings (SSSR count). The number of aromatic nitrogens is 3. The van der Waals surface area contributed by atoms with Gasteiger partial charge in [-0.2, -0.15) is 5.10 Å². The smallest absolute Gasteiger partial charge is 0.0917 e. The molecule has 16 heavy (non-hydrogen) atoms. The average molecular weight is 217 g/mol. The van der Waals surface area contributed by atoms with Crippen molar-refractivity contribution >= 4 is 0 Å². The molecule has 0 aliphatic heterocycles. The van der Waals surface area contributed by atoms with Crippen molar-refractivity contribution in [3.8, 4) is 0 Å². The molecule has 0 saturated carbocycles. The number of rotatable bonds is 3. The van der Waals surface area contributed by atoms with E-state index >= 15 is 0 Å². The summed E-state index contributed by atoms with van der Waals surface area (Å²) >= 11 is 0. The number of hydrogen-bond acceptors (Lipinski definition) is 4. The number of nitrogens with two attached hydrogens (primary N) is 1. The molecule has 0 bridgehead atoms. The van der Waals surface area contributed by atoms with Crippen LogP contribution in [0.4, 0.5) is 0 Å². The SMILES string of the molecule is Cc1ccncc1C(NN)c1ccn(C)n1. The van der Waals surface area contributed by atoms with Crippen molar-refractivity contribution < 1.29 is 0 Å². The molecule has 0 radical (unpaired) electrons. The van der Waals surface area contributed by atoms with Gasteiger partial charge in [-0.15, -0.1) is 0 Å². The first-order valence-electron chi connectivity index (χ1n) is 5.08. The average Bonchev–Trinajstić information content (AvgIpc) is 2.69. The number of pyridine rings is 1. The number of aryl methyl sites for hydroxylation is 2. The van der Waals surface area contributed by atoms with Gasteiger partial charge < -0.3 is 0 Å². The summed E-state index contributed by atoms with van der Waals surface area (Å²) in [5.74, 6) is 5.59. The molecule has 2 aromatic heterocycles. The normalized spacial score (nSPS) is 12.7. The van der Waals surface area contributed by atoms with E-state index in [0.717, 1.165) is 16.8 Å². The van der Waals surface area contributed by atoms with Gasteiger partial charge in [-0.3, -0.25) is 15.5 Å². The minimum absolute atomic E-state index is 0.116. The summed E-state index contributed by atoms with van der Waals surface area (Å²) in [5, 5.41) is 4.35. The van der Waals surface area contributed by atoms with Gasteiger partial charge >= 0.3 is 0 Å². The quantitative estimate of drug-likeness (QED) is 0.586. The lowest BCUT2D eigenvalue weighted by Crippen LogP contribution is -2.29. The lowest BCUT2D eigenvalue weighted by molar-refractivity contribution is 0.599. The largest absolute Gasteiger partial charge is 0.275 e. The standard InChI is InChI=1S/C11H15N5/c1-8-3-5-13-7-9(8)11(14-12)10-4-6-16(2)15-10/h3-7,11,14H,12H2,1-2H3. The third kappa shape index (κ3) is 1.95. The van der Waals surface area contributed by atoms with Gasteiger partial charge in [0.25, 0.3) is 0 Å². The van der Waals surface area contributed by atoms with Crippen molar-refractivity contribution in [2.45, 2.75) is 13.0 Å². The highest BCUT2D eigenvalue weighted by molar-refractivity contribution is 5.31. The topological polar surface area (TPSA) is 68.8 Å². The maximum absolute atomic E-state index is 5.59. The number of hydrogen-bond donors (Lipinski definition) is 2. The van der Waals surface area contributed by atoms with E-state index in [9.17, 15) is 0 Å². The number of nitrogens with zero attached hydrogens (tertiary/aromatic N) is 3. The molecule has 0 aliphatic rings. The Morgan fingerprint density at radius 2 is 2.25 bits per heavy atom. The summed E-state index contributed by atoms with van der Waals surface area (Å²) in [6, 6.07) is 3.79. The van der Waals surface area contributed by atoms with Gasteiger partial charge in [0, 0.05) is 25.6 Å². The minimum atomic E-state index is -0.116. The van der Waals surface area contributed by atoms with Crippen LogP contribution in [0.2, 0.25) is 0 Å². The maximum atomic E-state index is 5.59. The lowest BCUT2D eigenvalue weighted by Gasteiger charge is -2.15. The fourth-order valence-corrected chi connectivity index (χ4v) is 1.70. The second kappa shape index (κ2) is 4.42. The Bertz CT molecular complexity index is 477. The fourth-order valence-electron chi connectivity index (χ4n) is 1.70. The second-order valence-corrected chi connectivity index (χ2v) is 3.75. The molecule has 0 fully saturated rings. The third-order valence-corrected chi connectivity index (χ3v) is 2.59. The van der Waals surface area contributed by atoms with Crippen LogP contribution in [0.25, 0.3) is 0 Å². The van der Waals surface area contributed by atoms with Gasteiger partial charge in [-0.25, -0.2) is 5.43 Å². The van der Waals surface area contributed by atoms with E-state index < -0.39 is 0 Å². The Hall–Kier alpha value is -1.72. The van der Waals surface area contributed by atoms with Crippen LogP contribution in [0.1, 0.15) is 22.9 Å². The van der Waals surface area contributed by atoms with Crippen molar-refractivity contribution in [1.82, 2.24) is 20.2 Å². The Labute approximate surface area is 94.3 Å². The lowest BCUT2D eigenvalue weighted by atomic mass is 10.0. The number of nitrogens with one attached hydrogen (secondary N) is 1. The van der Waals surface area contributed by atoms with Crippen LogP contribution in [-0.2, 0) is 7.05 Å². The highest BCUT2D eigenvalue weighted by Crippen LogP contribution is 2.21. The first-order valence-corrected chi connectivity index (χ1v) is 5.08. The molecule has 0 aromatic carbocycles. The molecular formula is C11H15N5. The molecule has 2 aromatic rings. The Kier molecular flexibility index (Phi) is 2.98. The van der Waals surface area contributed by atoms with Crippen LogP contribution in [0.5, 0.6) is 0 Å². The predicted octanol–water partition coefficient (Wildman–Crippen LogP) is 0.676. The van der Waals surface area contributed by atoms with Gasteiger partial charge in [0.15, 0.2) is 0 Å². The van der Waals surface area contributed by atoms with E-state index in [4.69, 9.17) is 5.84 Å². The molecule has 2 heterocycles. The van der Waals surface area contributed by atoms with Crippen molar-refractivity contribution in [3.05, 3.63) is 47.5 Å². The van der Waals surface area contributed by atoms with E-state index in [1.165, 1.54) is 0 Å². The first-order chi connectivity index (χ1) is 7.72. The molecule has 0 saturated heterocycles. The summed E-state index contributed by atoms with van der Waals surface area (Å²) < 4.78 is 1.76. The summed E-state index contributed by atoms with van der Waals surface area (Å²) in [6.07, 6.45) is 5.48. The minimum Gasteiger partial charge on any atom is -0.275 e. The van der Waals surface area contributed by atoms with E-state index in [2.05, 4.69) is 15.5 Å². The van der Waals surface area contributed by atoms with Gasteiger partial charge in [-0.1, -0.05) is 0 Å².